The number of nitrogens with two attached hydrogens (primary N) is 1. The van der Waals surface area contributed by atoms with Crippen molar-refractivity contribution >= 4 is 34.2 Å². The smallest absolute Gasteiger partial charge is 0.339 e. The molecule has 4 nitrogen and oxygen atoms in total. The molecule has 1 aromatic heterocycles. The summed E-state index contributed by atoms with van der Waals surface area (Å²) in [4.78, 5) is 14.1. The number of carboxylic acid groups (broad SMARTS) is 1. The summed E-state index contributed by atoms with van der Waals surface area (Å²) < 4.78 is 0.655. The Balaban J connectivity index is 3.27. The Morgan fingerprint density at radius 1 is 1.64 bits per heavy atom. The zero-order chi connectivity index (χ0) is 8.43. The summed E-state index contributed by atoms with van der Waals surface area (Å²) in [6.45, 7) is 0. The van der Waals surface area contributed by atoms with E-state index in [1.165, 1.54) is 12.4 Å². The van der Waals surface area contributed by atoms with Crippen molar-refractivity contribution in [2.45, 2.75) is 0 Å². The number of nitrogens with zero attached hydrogens (tertiary/aromatic N) is 1. The first-order valence-corrected chi connectivity index (χ1v) is 3.83. The highest BCUT2D eigenvalue weighted by atomic mass is 127. The molecule has 0 aromatic carbocycles. The van der Waals surface area contributed by atoms with Crippen LogP contribution in [0.25, 0.3) is 0 Å². The van der Waals surface area contributed by atoms with Gasteiger partial charge in [-0.05, 0) is 22.6 Å². The van der Waals surface area contributed by atoms with Gasteiger partial charge in [0, 0.05) is 12.4 Å². The fourth-order valence-corrected chi connectivity index (χ4v) is 1.07. The average Bonchev–Trinajstić information content (AvgIpc) is 1.94. The molecule has 1 aromatic rings. The number of aromatic carboxylic acids is 1. The lowest BCUT2D eigenvalue weighted by Crippen LogP contribution is -2.04. The zero-order valence-electron chi connectivity index (χ0n) is 5.41. The SMILES string of the molecule is Nc1c(I)cncc1C(=O)O. The van der Waals surface area contributed by atoms with Crippen molar-refractivity contribution < 1.29 is 9.90 Å². The topological polar surface area (TPSA) is 76.2 Å². The first-order valence-electron chi connectivity index (χ1n) is 2.75. The molecule has 0 amide bonds. The lowest BCUT2D eigenvalue weighted by Gasteiger charge is -2.00. The largest absolute Gasteiger partial charge is 0.478 e. The molecule has 0 atom stereocenters. The molecular weight excluding hydrogens is 259 g/mol. The van der Waals surface area contributed by atoms with Gasteiger partial charge in [0.2, 0.25) is 0 Å². The van der Waals surface area contributed by atoms with Crippen LogP contribution in [0.1, 0.15) is 10.4 Å². The second kappa shape index (κ2) is 3.04. The van der Waals surface area contributed by atoms with Gasteiger partial charge < -0.3 is 10.8 Å². The van der Waals surface area contributed by atoms with Crippen LogP contribution >= 0.6 is 22.6 Å². The predicted molar refractivity (Wildman–Crippen MR) is 48.3 cm³/mol. The first-order chi connectivity index (χ1) is 5.13. The molecular formula is C6H5IN2O2. The van der Waals surface area contributed by atoms with E-state index in [1.54, 1.807) is 0 Å². The van der Waals surface area contributed by atoms with Crippen molar-refractivity contribution in [2.24, 2.45) is 0 Å². The number of rotatable bonds is 1. The molecule has 3 N–H and O–H groups in total. The molecule has 0 saturated heterocycles. The van der Waals surface area contributed by atoms with E-state index in [4.69, 9.17) is 10.8 Å². The van der Waals surface area contributed by atoms with Gasteiger partial charge >= 0.3 is 5.97 Å². The van der Waals surface area contributed by atoms with Crippen LogP contribution in [-0.4, -0.2) is 16.1 Å². The zero-order valence-corrected chi connectivity index (χ0v) is 7.57. The minimum atomic E-state index is -1.05. The van der Waals surface area contributed by atoms with E-state index < -0.39 is 5.97 Å². The lowest BCUT2D eigenvalue weighted by atomic mass is 10.2. The van der Waals surface area contributed by atoms with Crippen LogP contribution in [0.4, 0.5) is 5.69 Å². The molecule has 0 saturated carbocycles. The minimum Gasteiger partial charge on any atom is -0.478 e. The van der Waals surface area contributed by atoms with Gasteiger partial charge in [-0.25, -0.2) is 4.79 Å². The van der Waals surface area contributed by atoms with Crippen LogP contribution in [0, 0.1) is 3.57 Å². The third-order valence-electron chi connectivity index (χ3n) is 1.17. The Hall–Kier alpha value is -0.850. The van der Waals surface area contributed by atoms with Gasteiger partial charge in [0.1, 0.15) is 5.56 Å². The Labute approximate surface area is 76.6 Å². The number of aromatic nitrogens is 1. The van der Waals surface area contributed by atoms with E-state index in [9.17, 15) is 4.79 Å². The first kappa shape index (κ1) is 8.25. The van der Waals surface area contributed by atoms with Crippen LogP contribution in [-0.2, 0) is 0 Å². The van der Waals surface area contributed by atoms with Gasteiger partial charge in [-0.3, -0.25) is 4.98 Å². The number of carbonyl (C=O) groups is 1. The molecule has 0 spiro atoms. The third kappa shape index (κ3) is 1.59. The maximum atomic E-state index is 10.5. The fraction of sp³-hybridized carbons (Fsp3) is 0. The molecule has 0 aliphatic carbocycles. The van der Waals surface area contributed by atoms with Crippen molar-refractivity contribution in [2.75, 3.05) is 5.73 Å². The summed E-state index contributed by atoms with van der Waals surface area (Å²) in [5.41, 5.74) is 5.78. The van der Waals surface area contributed by atoms with E-state index >= 15 is 0 Å². The summed E-state index contributed by atoms with van der Waals surface area (Å²) in [5, 5.41) is 8.57. The van der Waals surface area contributed by atoms with Crippen molar-refractivity contribution in [1.82, 2.24) is 4.98 Å². The van der Waals surface area contributed by atoms with E-state index in [0.29, 0.717) is 3.57 Å². The number of halogens is 1. The molecule has 1 rings (SSSR count). The summed E-state index contributed by atoms with van der Waals surface area (Å²) in [6.07, 6.45) is 2.75. The molecule has 0 bridgehead atoms. The van der Waals surface area contributed by atoms with Crippen LogP contribution in [0.2, 0.25) is 0 Å². The maximum Gasteiger partial charge on any atom is 0.339 e. The second-order valence-corrected chi connectivity index (χ2v) is 3.05. The molecule has 0 aliphatic rings. The maximum absolute atomic E-state index is 10.5. The van der Waals surface area contributed by atoms with Gasteiger partial charge in [0.15, 0.2) is 0 Å². The Kier molecular flexibility index (Phi) is 2.28. The minimum absolute atomic E-state index is 0.0527. The van der Waals surface area contributed by atoms with Crippen molar-refractivity contribution in [3.05, 3.63) is 21.5 Å². The van der Waals surface area contributed by atoms with Crippen LogP contribution in [0.5, 0.6) is 0 Å². The van der Waals surface area contributed by atoms with Crippen molar-refractivity contribution in [1.29, 1.82) is 0 Å². The molecule has 5 heteroatoms. The highest BCUT2D eigenvalue weighted by molar-refractivity contribution is 14.1. The number of hydrogen-bond donors (Lipinski definition) is 2. The van der Waals surface area contributed by atoms with E-state index in [0.717, 1.165) is 0 Å². The molecule has 58 valence electrons. The van der Waals surface area contributed by atoms with E-state index in [-0.39, 0.29) is 11.3 Å². The molecule has 0 aliphatic heterocycles. The Bertz CT molecular complexity index is 301. The fourth-order valence-electron chi connectivity index (χ4n) is 0.615. The summed E-state index contributed by atoms with van der Waals surface area (Å²) in [7, 11) is 0. The number of hydrogen-bond acceptors (Lipinski definition) is 3. The Morgan fingerprint density at radius 2 is 2.27 bits per heavy atom. The summed E-state index contributed by atoms with van der Waals surface area (Å²) in [5.74, 6) is -1.05. The normalized spacial score (nSPS) is 9.55. The average molecular weight is 264 g/mol. The monoisotopic (exact) mass is 264 g/mol. The highest BCUT2D eigenvalue weighted by Crippen LogP contribution is 2.17. The second-order valence-electron chi connectivity index (χ2n) is 1.89. The molecule has 0 unspecified atom stereocenters. The predicted octanol–water partition coefficient (Wildman–Crippen LogP) is 0.967. The Morgan fingerprint density at radius 3 is 2.73 bits per heavy atom. The van der Waals surface area contributed by atoms with E-state index in [1.807, 2.05) is 22.6 Å². The summed E-state index contributed by atoms with van der Waals surface area (Å²) >= 11 is 1.93. The highest BCUT2D eigenvalue weighted by Gasteiger charge is 2.09. The number of pyridine rings is 1. The van der Waals surface area contributed by atoms with Gasteiger partial charge in [-0.15, -0.1) is 0 Å². The van der Waals surface area contributed by atoms with E-state index in [2.05, 4.69) is 4.98 Å². The molecule has 11 heavy (non-hydrogen) atoms. The van der Waals surface area contributed by atoms with Gasteiger partial charge in [-0.1, -0.05) is 0 Å². The van der Waals surface area contributed by atoms with Crippen LogP contribution in [0.3, 0.4) is 0 Å². The van der Waals surface area contributed by atoms with Crippen molar-refractivity contribution in [3.63, 3.8) is 0 Å². The van der Waals surface area contributed by atoms with Crippen LogP contribution in [0.15, 0.2) is 12.4 Å². The molecule has 0 fully saturated rings. The number of carboxylic acids is 1. The third-order valence-corrected chi connectivity index (χ3v) is 2.03. The van der Waals surface area contributed by atoms with Gasteiger partial charge in [0.05, 0.1) is 9.26 Å². The lowest BCUT2D eigenvalue weighted by molar-refractivity contribution is 0.0697. The number of nitrogen functional groups attached to an aromatic ring is 1. The standard InChI is InChI=1S/C6H5IN2O2/c7-4-2-9-1-3(5(4)8)6(10)11/h1-2H,(H2,8,9)(H,10,11). The van der Waals surface area contributed by atoms with Gasteiger partial charge in [-0.2, -0.15) is 0 Å². The summed E-state index contributed by atoms with van der Waals surface area (Å²) in [6, 6.07) is 0. The molecule has 1 heterocycles. The quantitative estimate of drug-likeness (QED) is 0.741. The van der Waals surface area contributed by atoms with Gasteiger partial charge in [0.25, 0.3) is 0 Å². The van der Waals surface area contributed by atoms with Crippen molar-refractivity contribution in [3.8, 4) is 0 Å². The molecule has 0 radical (unpaired) electrons. The number of anilines is 1. The van der Waals surface area contributed by atoms with Crippen LogP contribution < -0.4 is 5.73 Å².